The zero-order valence-corrected chi connectivity index (χ0v) is 18.3. The first kappa shape index (κ1) is 18.3. The molecule has 8 heteroatoms. The molecule has 0 aromatic carbocycles. The molecule has 3 aliphatic rings. The highest BCUT2D eigenvalue weighted by Gasteiger charge is 2.30. The van der Waals surface area contributed by atoms with Gasteiger partial charge in [-0.3, -0.25) is 4.90 Å². The van der Waals surface area contributed by atoms with Gasteiger partial charge in [0.05, 0.1) is 6.54 Å². The van der Waals surface area contributed by atoms with Crippen LogP contribution >= 0.6 is 23.1 Å². The predicted octanol–water partition coefficient (Wildman–Crippen LogP) is 4.82. The molecule has 3 aromatic rings. The SMILES string of the molecule is CC1CCN(Cc2nc(Sc3nnc(C4CC4)o3)c3c4c(sc3n2)CCC4)CC1. The fourth-order valence-electron chi connectivity index (χ4n) is 4.41. The van der Waals surface area contributed by atoms with E-state index in [0.717, 1.165) is 53.5 Å². The lowest BCUT2D eigenvalue weighted by atomic mass is 9.99. The third-order valence-corrected chi connectivity index (χ3v) is 8.37. The van der Waals surface area contributed by atoms with E-state index in [2.05, 4.69) is 22.0 Å². The van der Waals surface area contributed by atoms with Gasteiger partial charge in [-0.1, -0.05) is 6.92 Å². The molecule has 0 amide bonds. The Labute approximate surface area is 178 Å². The lowest BCUT2D eigenvalue weighted by molar-refractivity contribution is 0.181. The van der Waals surface area contributed by atoms with Crippen LogP contribution in [0.15, 0.2) is 14.7 Å². The maximum absolute atomic E-state index is 5.93. The van der Waals surface area contributed by atoms with Crippen molar-refractivity contribution in [2.24, 2.45) is 5.92 Å². The van der Waals surface area contributed by atoms with Crippen molar-refractivity contribution in [3.63, 3.8) is 0 Å². The molecule has 0 N–H and O–H groups in total. The van der Waals surface area contributed by atoms with Crippen molar-refractivity contribution in [1.82, 2.24) is 25.1 Å². The Morgan fingerprint density at radius 3 is 2.79 bits per heavy atom. The van der Waals surface area contributed by atoms with Gasteiger partial charge >= 0.3 is 0 Å². The first-order valence-electron chi connectivity index (χ1n) is 10.8. The number of piperidine rings is 1. The van der Waals surface area contributed by atoms with Crippen LogP contribution in [0.4, 0.5) is 0 Å². The minimum absolute atomic E-state index is 0.477. The predicted molar refractivity (Wildman–Crippen MR) is 114 cm³/mol. The summed E-state index contributed by atoms with van der Waals surface area (Å²) < 4.78 is 5.93. The van der Waals surface area contributed by atoms with Crippen molar-refractivity contribution in [2.75, 3.05) is 13.1 Å². The van der Waals surface area contributed by atoms with Crippen LogP contribution in [-0.2, 0) is 19.4 Å². The van der Waals surface area contributed by atoms with Gasteiger partial charge in [0.25, 0.3) is 5.22 Å². The zero-order valence-electron chi connectivity index (χ0n) is 16.7. The summed E-state index contributed by atoms with van der Waals surface area (Å²) in [5.41, 5.74) is 1.45. The quantitative estimate of drug-likeness (QED) is 0.541. The minimum Gasteiger partial charge on any atom is -0.415 e. The molecular weight excluding hydrogens is 402 g/mol. The van der Waals surface area contributed by atoms with Crippen LogP contribution in [0.25, 0.3) is 10.2 Å². The van der Waals surface area contributed by atoms with E-state index < -0.39 is 0 Å². The minimum atomic E-state index is 0.477. The molecule has 4 heterocycles. The van der Waals surface area contributed by atoms with Crippen LogP contribution in [0.5, 0.6) is 0 Å². The average molecular weight is 428 g/mol. The molecule has 29 heavy (non-hydrogen) atoms. The molecule has 0 unspecified atom stereocenters. The van der Waals surface area contributed by atoms with E-state index in [9.17, 15) is 0 Å². The summed E-state index contributed by atoms with van der Waals surface area (Å²) in [7, 11) is 0. The van der Waals surface area contributed by atoms with E-state index in [-0.39, 0.29) is 0 Å². The average Bonchev–Trinajstić information content (AvgIpc) is 3.12. The molecule has 0 radical (unpaired) electrons. The largest absolute Gasteiger partial charge is 0.415 e. The number of aryl methyl sites for hydroxylation is 2. The first-order valence-corrected chi connectivity index (χ1v) is 12.4. The van der Waals surface area contributed by atoms with Gasteiger partial charge in [0.2, 0.25) is 5.89 Å². The number of hydrogen-bond donors (Lipinski definition) is 0. The van der Waals surface area contributed by atoms with Gasteiger partial charge < -0.3 is 4.42 Å². The molecule has 6 rings (SSSR count). The van der Waals surface area contributed by atoms with Gasteiger partial charge in [-0.2, -0.15) is 0 Å². The second-order valence-electron chi connectivity index (χ2n) is 8.72. The Hall–Kier alpha value is -1.51. The number of aromatic nitrogens is 4. The standard InChI is InChI=1S/C21H25N5OS2/c1-12-7-9-26(10-8-12)11-16-22-19-17(14-3-2-4-15(14)28-19)20(23-16)29-21-25-24-18(27-21)13-5-6-13/h12-13H,2-11H2,1H3. The van der Waals surface area contributed by atoms with Crippen molar-refractivity contribution < 1.29 is 4.42 Å². The van der Waals surface area contributed by atoms with E-state index in [1.807, 2.05) is 11.3 Å². The van der Waals surface area contributed by atoms with E-state index in [4.69, 9.17) is 14.4 Å². The number of likely N-dealkylation sites (tertiary alicyclic amines) is 1. The third kappa shape index (κ3) is 3.59. The summed E-state index contributed by atoms with van der Waals surface area (Å²) in [6, 6.07) is 0. The van der Waals surface area contributed by atoms with Gasteiger partial charge in [-0.25, -0.2) is 9.97 Å². The van der Waals surface area contributed by atoms with Crippen LogP contribution in [0.2, 0.25) is 0 Å². The second kappa shape index (κ2) is 7.32. The molecule has 2 fully saturated rings. The third-order valence-electron chi connectivity index (χ3n) is 6.35. The summed E-state index contributed by atoms with van der Waals surface area (Å²) in [6.45, 7) is 5.46. The zero-order chi connectivity index (χ0) is 19.4. The van der Waals surface area contributed by atoms with E-state index in [0.29, 0.717) is 11.1 Å². The fraction of sp³-hybridized carbons (Fsp3) is 0.619. The van der Waals surface area contributed by atoms with Gasteiger partial charge in [-0.15, -0.1) is 21.5 Å². The lowest BCUT2D eigenvalue weighted by Crippen LogP contribution is -2.33. The van der Waals surface area contributed by atoms with E-state index in [1.54, 1.807) is 0 Å². The lowest BCUT2D eigenvalue weighted by Gasteiger charge is -2.29. The summed E-state index contributed by atoms with van der Waals surface area (Å²) in [6.07, 6.45) is 8.41. The van der Waals surface area contributed by atoms with Crippen LogP contribution in [0.3, 0.4) is 0 Å². The Morgan fingerprint density at radius 1 is 1.10 bits per heavy atom. The fourth-order valence-corrected chi connectivity index (χ4v) is 6.60. The number of thiophene rings is 1. The summed E-state index contributed by atoms with van der Waals surface area (Å²) in [5, 5.41) is 11.4. The molecule has 3 aromatic heterocycles. The Morgan fingerprint density at radius 2 is 1.97 bits per heavy atom. The molecule has 1 saturated carbocycles. The van der Waals surface area contributed by atoms with Gasteiger partial charge in [0.15, 0.2) is 0 Å². The van der Waals surface area contributed by atoms with Gasteiger partial charge in [0.1, 0.15) is 15.7 Å². The smallest absolute Gasteiger partial charge is 0.282 e. The van der Waals surface area contributed by atoms with Crippen LogP contribution in [0, 0.1) is 5.92 Å². The molecule has 1 saturated heterocycles. The highest BCUT2D eigenvalue weighted by Crippen LogP contribution is 2.44. The highest BCUT2D eigenvalue weighted by molar-refractivity contribution is 7.99. The molecule has 0 spiro atoms. The summed E-state index contributed by atoms with van der Waals surface area (Å²) in [4.78, 5) is 15.1. The number of hydrogen-bond acceptors (Lipinski definition) is 8. The molecule has 0 bridgehead atoms. The van der Waals surface area contributed by atoms with Crippen molar-refractivity contribution >= 4 is 33.3 Å². The van der Waals surface area contributed by atoms with Crippen molar-refractivity contribution in [1.29, 1.82) is 0 Å². The number of rotatable bonds is 5. The van der Waals surface area contributed by atoms with E-state index in [1.165, 1.54) is 66.1 Å². The molecule has 1 aliphatic heterocycles. The summed E-state index contributed by atoms with van der Waals surface area (Å²) >= 11 is 3.39. The Kier molecular flexibility index (Phi) is 4.61. The molecule has 6 nitrogen and oxygen atoms in total. The normalized spacial score (nSPS) is 20.6. The Bertz CT molecular complexity index is 1050. The van der Waals surface area contributed by atoms with Crippen LogP contribution in [-0.4, -0.2) is 38.2 Å². The van der Waals surface area contributed by atoms with E-state index >= 15 is 0 Å². The number of fused-ring (bicyclic) bond motifs is 3. The molecule has 152 valence electrons. The molecule has 0 atom stereocenters. The van der Waals surface area contributed by atoms with Gasteiger partial charge in [-0.05, 0) is 81.3 Å². The topological polar surface area (TPSA) is 67.9 Å². The summed E-state index contributed by atoms with van der Waals surface area (Å²) in [5.74, 6) is 3.02. The maximum Gasteiger partial charge on any atom is 0.282 e. The second-order valence-corrected chi connectivity index (χ2v) is 10.7. The molecular formula is C21H25N5OS2. The van der Waals surface area contributed by atoms with Crippen LogP contribution in [0.1, 0.15) is 67.1 Å². The molecule has 2 aliphatic carbocycles. The van der Waals surface area contributed by atoms with Crippen molar-refractivity contribution in [3.8, 4) is 0 Å². The maximum atomic E-state index is 5.93. The van der Waals surface area contributed by atoms with Crippen molar-refractivity contribution in [2.45, 2.75) is 74.6 Å². The van der Waals surface area contributed by atoms with Crippen molar-refractivity contribution in [3.05, 3.63) is 22.2 Å². The first-order chi connectivity index (χ1) is 14.2. The Balaban J connectivity index is 1.34. The van der Waals surface area contributed by atoms with Gasteiger partial charge in [0, 0.05) is 16.2 Å². The van der Waals surface area contributed by atoms with Crippen LogP contribution < -0.4 is 0 Å². The number of nitrogens with zero attached hydrogens (tertiary/aromatic N) is 5. The highest BCUT2D eigenvalue weighted by atomic mass is 32.2. The monoisotopic (exact) mass is 427 g/mol.